The van der Waals surface area contributed by atoms with E-state index in [-0.39, 0.29) is 16.9 Å². The predicted octanol–water partition coefficient (Wildman–Crippen LogP) is 4.62. The minimum atomic E-state index is -0.601. The van der Waals surface area contributed by atoms with E-state index >= 15 is 0 Å². The zero-order valence-electron chi connectivity index (χ0n) is 14.2. The highest BCUT2D eigenvalue weighted by molar-refractivity contribution is 5.70. The first-order valence-electron chi connectivity index (χ1n) is 7.93. The van der Waals surface area contributed by atoms with Gasteiger partial charge in [0.15, 0.2) is 0 Å². The molecule has 0 radical (unpaired) electrons. The molecule has 0 spiro atoms. The van der Waals surface area contributed by atoms with Crippen LogP contribution in [0.5, 0.6) is 0 Å². The summed E-state index contributed by atoms with van der Waals surface area (Å²) in [6, 6.07) is 3.87. The molecule has 0 amide bonds. The third-order valence-corrected chi connectivity index (χ3v) is 3.05. The summed E-state index contributed by atoms with van der Waals surface area (Å²) in [5.41, 5.74) is -0.446. The lowest BCUT2D eigenvalue weighted by atomic mass is 10.1. The highest BCUT2D eigenvalue weighted by Gasteiger charge is 2.22. The topological polar surface area (TPSA) is 89.5 Å². The quantitative estimate of drug-likeness (QED) is 0.595. The Kier molecular flexibility index (Phi) is 9.99. The van der Waals surface area contributed by atoms with Crippen LogP contribution in [0.25, 0.3) is 6.08 Å². The van der Waals surface area contributed by atoms with Crippen LogP contribution in [0.4, 0.5) is 11.4 Å². The maximum atomic E-state index is 10.9. The minimum Gasteiger partial charge on any atom is -0.377 e. The summed E-state index contributed by atoms with van der Waals surface area (Å²) in [7, 11) is 0. The van der Waals surface area contributed by atoms with Crippen molar-refractivity contribution in [2.75, 3.05) is 13.1 Å². The zero-order chi connectivity index (χ0) is 17.8. The average Bonchev–Trinajstić information content (AvgIpc) is 3.09. The zero-order valence-corrected chi connectivity index (χ0v) is 14.2. The van der Waals surface area contributed by atoms with Crippen molar-refractivity contribution in [1.82, 2.24) is 4.90 Å². The van der Waals surface area contributed by atoms with Gasteiger partial charge in [0.1, 0.15) is 5.56 Å². The van der Waals surface area contributed by atoms with E-state index in [0.29, 0.717) is 0 Å². The van der Waals surface area contributed by atoms with Gasteiger partial charge in [0, 0.05) is 31.4 Å². The summed E-state index contributed by atoms with van der Waals surface area (Å²) in [6.45, 7) is 9.76. The molecule has 1 aromatic carbocycles. The summed E-state index contributed by atoms with van der Waals surface area (Å²) in [5.74, 6) is 0. The van der Waals surface area contributed by atoms with E-state index < -0.39 is 9.85 Å². The number of rotatable bonds is 4. The molecule has 0 N–H and O–H groups in total. The van der Waals surface area contributed by atoms with Gasteiger partial charge in [-0.2, -0.15) is 0 Å². The standard InChI is InChI=1S/C12H13N3O4.2C2H6/c16-14(17)11-4-3-5-12(15(18)19)10(11)6-9-13-7-1-2-8-13;2*1-2/h3-6,9H,1-2,7-8H2;2*1-2H3/b9-6+;;. The average molecular weight is 323 g/mol. The Morgan fingerprint density at radius 3 is 1.78 bits per heavy atom. The Bertz CT molecular complexity index is 506. The van der Waals surface area contributed by atoms with Crippen molar-refractivity contribution in [3.8, 4) is 0 Å². The van der Waals surface area contributed by atoms with Gasteiger partial charge in [-0.05, 0) is 25.0 Å². The molecule has 0 atom stereocenters. The van der Waals surface area contributed by atoms with Crippen molar-refractivity contribution in [2.45, 2.75) is 40.5 Å². The smallest absolute Gasteiger partial charge is 0.283 e. The van der Waals surface area contributed by atoms with Gasteiger partial charge in [-0.25, -0.2) is 0 Å². The number of benzene rings is 1. The number of nitro benzene ring substituents is 2. The van der Waals surface area contributed by atoms with Crippen molar-refractivity contribution in [3.05, 3.63) is 50.2 Å². The molecule has 0 bridgehead atoms. The molecule has 0 aliphatic carbocycles. The van der Waals surface area contributed by atoms with Gasteiger partial charge < -0.3 is 4.90 Å². The molecular weight excluding hydrogens is 298 g/mol. The monoisotopic (exact) mass is 323 g/mol. The van der Waals surface area contributed by atoms with Gasteiger partial charge in [0.25, 0.3) is 11.4 Å². The summed E-state index contributed by atoms with van der Waals surface area (Å²) in [6.07, 6.45) is 5.30. The molecule has 1 aliphatic rings. The number of nitrogens with zero attached hydrogens (tertiary/aromatic N) is 3. The maximum absolute atomic E-state index is 10.9. The first-order valence-corrected chi connectivity index (χ1v) is 7.93. The summed E-state index contributed by atoms with van der Waals surface area (Å²) < 4.78 is 0. The third kappa shape index (κ3) is 6.06. The van der Waals surface area contributed by atoms with Crippen molar-refractivity contribution in [1.29, 1.82) is 0 Å². The lowest BCUT2D eigenvalue weighted by Gasteiger charge is -2.10. The first kappa shape index (κ1) is 20.6. The lowest BCUT2D eigenvalue weighted by molar-refractivity contribution is -0.394. The highest BCUT2D eigenvalue weighted by atomic mass is 16.6. The van der Waals surface area contributed by atoms with Crippen molar-refractivity contribution in [3.63, 3.8) is 0 Å². The molecular formula is C16H25N3O4. The number of hydrogen-bond donors (Lipinski definition) is 0. The van der Waals surface area contributed by atoms with Crippen LogP contribution in [-0.4, -0.2) is 27.8 Å². The largest absolute Gasteiger partial charge is 0.377 e. The van der Waals surface area contributed by atoms with Crippen LogP contribution in [0.2, 0.25) is 0 Å². The second-order valence-electron chi connectivity index (χ2n) is 4.28. The van der Waals surface area contributed by atoms with Gasteiger partial charge in [-0.3, -0.25) is 20.2 Å². The van der Waals surface area contributed by atoms with Crippen LogP contribution in [0.3, 0.4) is 0 Å². The Balaban J connectivity index is 0.00000112. The van der Waals surface area contributed by atoms with Crippen LogP contribution in [0.15, 0.2) is 24.4 Å². The van der Waals surface area contributed by atoms with E-state index in [1.807, 2.05) is 32.6 Å². The summed E-state index contributed by atoms with van der Waals surface area (Å²) >= 11 is 0. The normalized spacial score (nSPS) is 13.0. The molecule has 0 aromatic heterocycles. The Labute approximate surface area is 136 Å². The van der Waals surface area contributed by atoms with Crippen molar-refractivity contribution < 1.29 is 9.85 Å². The molecule has 2 rings (SSSR count). The van der Waals surface area contributed by atoms with Crippen molar-refractivity contribution >= 4 is 17.5 Å². The molecule has 7 nitrogen and oxygen atoms in total. The molecule has 1 fully saturated rings. The van der Waals surface area contributed by atoms with E-state index in [9.17, 15) is 20.2 Å². The molecule has 1 aliphatic heterocycles. The summed E-state index contributed by atoms with van der Waals surface area (Å²) in [5, 5.41) is 21.9. The molecule has 23 heavy (non-hydrogen) atoms. The fraction of sp³-hybridized carbons (Fsp3) is 0.500. The van der Waals surface area contributed by atoms with Crippen LogP contribution < -0.4 is 0 Å². The van der Waals surface area contributed by atoms with Gasteiger partial charge in [-0.1, -0.05) is 27.7 Å². The van der Waals surface area contributed by atoms with Crippen molar-refractivity contribution in [2.24, 2.45) is 0 Å². The van der Waals surface area contributed by atoms with Crippen LogP contribution in [0, 0.1) is 20.2 Å². The fourth-order valence-corrected chi connectivity index (χ4v) is 2.10. The predicted molar refractivity (Wildman–Crippen MR) is 92.3 cm³/mol. The second kappa shape index (κ2) is 11.2. The lowest BCUT2D eigenvalue weighted by Crippen LogP contribution is -2.10. The molecule has 1 aromatic rings. The SMILES string of the molecule is CC.CC.O=[N+]([O-])c1cccc([N+](=O)[O-])c1/C=C/N1CCCC1. The van der Waals surface area contributed by atoms with Gasteiger partial charge in [-0.15, -0.1) is 0 Å². The van der Waals surface area contributed by atoms with E-state index in [1.165, 1.54) is 24.3 Å². The molecule has 128 valence electrons. The minimum absolute atomic E-state index is 0.0457. The number of hydrogen-bond acceptors (Lipinski definition) is 5. The second-order valence-corrected chi connectivity index (χ2v) is 4.28. The first-order chi connectivity index (χ1) is 11.1. The maximum Gasteiger partial charge on any atom is 0.283 e. The Hall–Kier alpha value is -2.44. The van der Waals surface area contributed by atoms with Crippen LogP contribution >= 0.6 is 0 Å². The number of likely N-dealkylation sites (tertiary alicyclic amines) is 1. The van der Waals surface area contributed by atoms with Crippen LogP contribution in [0.1, 0.15) is 46.1 Å². The van der Waals surface area contributed by atoms with Crippen LogP contribution in [-0.2, 0) is 0 Å². The van der Waals surface area contributed by atoms with Gasteiger partial charge >= 0.3 is 0 Å². The van der Waals surface area contributed by atoms with E-state index in [0.717, 1.165) is 25.9 Å². The molecule has 1 saturated heterocycles. The summed E-state index contributed by atoms with van der Waals surface area (Å²) in [4.78, 5) is 22.7. The Morgan fingerprint density at radius 1 is 0.957 bits per heavy atom. The third-order valence-electron chi connectivity index (χ3n) is 3.05. The van der Waals surface area contributed by atoms with E-state index in [1.54, 1.807) is 6.20 Å². The van der Waals surface area contributed by atoms with E-state index in [4.69, 9.17) is 0 Å². The molecule has 1 heterocycles. The van der Waals surface area contributed by atoms with Gasteiger partial charge in [0.05, 0.1) is 9.85 Å². The molecule has 0 unspecified atom stereocenters. The Morgan fingerprint density at radius 2 is 1.39 bits per heavy atom. The number of nitro groups is 2. The van der Waals surface area contributed by atoms with Gasteiger partial charge in [0.2, 0.25) is 0 Å². The molecule has 7 heteroatoms. The highest BCUT2D eigenvalue weighted by Crippen LogP contribution is 2.29. The molecule has 0 saturated carbocycles. The van der Waals surface area contributed by atoms with E-state index in [2.05, 4.69) is 0 Å². The fourth-order valence-electron chi connectivity index (χ4n) is 2.10.